The molecule has 0 radical (unpaired) electrons. The molecule has 2 rings (SSSR count). The quantitative estimate of drug-likeness (QED) is 0.460. The Morgan fingerprint density at radius 1 is 1.29 bits per heavy atom. The number of Topliss-reactive ketones (excluding diaryl/α,β-unsaturated/α-hetero) is 1. The number of carbonyl (C=O) groups is 1. The summed E-state index contributed by atoms with van der Waals surface area (Å²) in [5.74, 6) is 0.281. The highest BCUT2D eigenvalue weighted by molar-refractivity contribution is 8.01. The van der Waals surface area contributed by atoms with Crippen LogP contribution in [0.1, 0.15) is 19.3 Å². The van der Waals surface area contributed by atoms with Gasteiger partial charge in [0.15, 0.2) is 5.78 Å². The minimum absolute atomic E-state index is 0.110. The number of hydrogen-bond donors (Lipinski definition) is 0. The topological polar surface area (TPSA) is 17.1 Å². The molecule has 0 aromatic heterocycles. The second kappa shape index (κ2) is 6.27. The molecule has 0 aliphatic heterocycles. The Morgan fingerprint density at radius 3 is 2.71 bits per heavy atom. The van der Waals surface area contributed by atoms with Gasteiger partial charge in [-0.2, -0.15) is 0 Å². The van der Waals surface area contributed by atoms with Crippen LogP contribution in [0.3, 0.4) is 0 Å². The van der Waals surface area contributed by atoms with E-state index in [2.05, 4.69) is 12.2 Å². The summed E-state index contributed by atoms with van der Waals surface area (Å²) in [5, 5.41) is 0. The van der Waals surface area contributed by atoms with Crippen LogP contribution < -0.4 is 0 Å². The maximum absolute atomic E-state index is 12.1. The first-order valence-electron chi connectivity index (χ1n) is 5.82. The first kappa shape index (κ1) is 12.7. The van der Waals surface area contributed by atoms with Gasteiger partial charge in [0.25, 0.3) is 0 Å². The minimum atomic E-state index is -0.464. The Morgan fingerprint density at radius 2 is 2.06 bits per heavy atom. The van der Waals surface area contributed by atoms with Gasteiger partial charge in [0.2, 0.25) is 0 Å². The molecule has 1 nitrogen and oxygen atoms in total. The molecule has 17 heavy (non-hydrogen) atoms. The van der Waals surface area contributed by atoms with Crippen molar-refractivity contribution < 1.29 is 4.79 Å². The third-order valence-corrected chi connectivity index (χ3v) is 4.34. The van der Waals surface area contributed by atoms with Crippen LogP contribution in [-0.2, 0) is 4.79 Å². The first-order chi connectivity index (χ1) is 8.27. The number of benzene rings is 1. The van der Waals surface area contributed by atoms with Gasteiger partial charge in [-0.1, -0.05) is 42.1 Å². The van der Waals surface area contributed by atoms with Crippen LogP contribution in [0.15, 0.2) is 47.4 Å². The lowest BCUT2D eigenvalue weighted by molar-refractivity contribution is -0.121. The standard InChI is InChI=1S/C14H15ClOS/c15-14(17-12-9-5-2-6-10-12)13(16)11-7-3-1-4-8-11/h1-3,5-6,9-11,14H,4,7-8H2. The van der Waals surface area contributed by atoms with Gasteiger partial charge in [0.05, 0.1) is 0 Å². The van der Waals surface area contributed by atoms with Crippen molar-refractivity contribution in [2.24, 2.45) is 5.92 Å². The molecule has 0 saturated heterocycles. The molecule has 0 spiro atoms. The fourth-order valence-corrected chi connectivity index (χ4v) is 3.26. The molecule has 1 aliphatic rings. The summed E-state index contributed by atoms with van der Waals surface area (Å²) < 4.78 is -0.464. The number of thioether (sulfide) groups is 1. The zero-order valence-electron chi connectivity index (χ0n) is 9.51. The summed E-state index contributed by atoms with van der Waals surface area (Å²) in [4.78, 5) is 13.2. The Labute approximate surface area is 111 Å². The molecule has 90 valence electrons. The van der Waals surface area contributed by atoms with Gasteiger partial charge < -0.3 is 0 Å². The molecular weight excluding hydrogens is 252 g/mol. The first-order valence-corrected chi connectivity index (χ1v) is 7.13. The van der Waals surface area contributed by atoms with Crippen LogP contribution in [0, 0.1) is 5.92 Å². The van der Waals surface area contributed by atoms with Crippen molar-refractivity contribution in [3.05, 3.63) is 42.5 Å². The van der Waals surface area contributed by atoms with Crippen LogP contribution in [0.25, 0.3) is 0 Å². The molecule has 0 bridgehead atoms. The van der Waals surface area contributed by atoms with Crippen molar-refractivity contribution in [2.45, 2.75) is 28.9 Å². The fraction of sp³-hybridized carbons (Fsp3) is 0.357. The summed E-state index contributed by atoms with van der Waals surface area (Å²) in [5.41, 5.74) is 0. The maximum atomic E-state index is 12.1. The molecule has 1 aromatic rings. The van der Waals surface area contributed by atoms with Crippen LogP contribution in [0.2, 0.25) is 0 Å². The highest BCUT2D eigenvalue weighted by Gasteiger charge is 2.25. The smallest absolute Gasteiger partial charge is 0.164 e. The van der Waals surface area contributed by atoms with E-state index in [-0.39, 0.29) is 11.7 Å². The minimum Gasteiger partial charge on any atom is -0.297 e. The summed E-state index contributed by atoms with van der Waals surface area (Å²) >= 11 is 7.63. The summed E-state index contributed by atoms with van der Waals surface area (Å²) in [6.45, 7) is 0. The molecule has 0 heterocycles. The molecule has 3 heteroatoms. The number of ketones is 1. The molecule has 1 aliphatic carbocycles. The molecule has 0 amide bonds. The average Bonchev–Trinajstić information content (AvgIpc) is 2.40. The third-order valence-electron chi connectivity index (χ3n) is 2.88. The summed E-state index contributed by atoms with van der Waals surface area (Å²) in [6, 6.07) is 9.84. The Balaban J connectivity index is 1.93. The molecule has 0 saturated carbocycles. The Kier molecular flexibility index (Phi) is 4.69. The summed E-state index contributed by atoms with van der Waals surface area (Å²) in [7, 11) is 0. The largest absolute Gasteiger partial charge is 0.297 e. The second-order valence-corrected chi connectivity index (χ2v) is 6.00. The normalized spacial score (nSPS) is 21.1. The van der Waals surface area contributed by atoms with Crippen molar-refractivity contribution in [1.29, 1.82) is 0 Å². The van der Waals surface area contributed by atoms with Crippen LogP contribution in [-0.4, -0.2) is 10.5 Å². The van der Waals surface area contributed by atoms with Gasteiger partial charge in [-0.3, -0.25) is 4.79 Å². The van der Waals surface area contributed by atoms with E-state index in [0.717, 1.165) is 24.2 Å². The van der Waals surface area contributed by atoms with Crippen LogP contribution in [0.5, 0.6) is 0 Å². The van der Waals surface area contributed by atoms with E-state index in [4.69, 9.17) is 11.6 Å². The van der Waals surface area contributed by atoms with E-state index >= 15 is 0 Å². The van der Waals surface area contributed by atoms with Gasteiger partial charge in [-0.25, -0.2) is 0 Å². The predicted molar refractivity (Wildman–Crippen MR) is 73.4 cm³/mol. The van der Waals surface area contributed by atoms with E-state index in [0.29, 0.717) is 0 Å². The van der Waals surface area contributed by atoms with Gasteiger partial charge >= 0.3 is 0 Å². The van der Waals surface area contributed by atoms with Crippen LogP contribution in [0.4, 0.5) is 0 Å². The lowest BCUT2D eigenvalue weighted by Gasteiger charge is -2.19. The third kappa shape index (κ3) is 3.62. The monoisotopic (exact) mass is 266 g/mol. The SMILES string of the molecule is O=C(C1CC=CCC1)C(Cl)Sc1ccccc1. The van der Waals surface area contributed by atoms with E-state index in [1.165, 1.54) is 11.8 Å². The Hall–Kier alpha value is -0.730. The number of allylic oxidation sites excluding steroid dienone is 2. The average molecular weight is 267 g/mol. The number of carbonyl (C=O) groups excluding carboxylic acids is 1. The van der Waals surface area contributed by atoms with Gasteiger partial charge in [-0.15, -0.1) is 11.6 Å². The molecule has 0 N–H and O–H groups in total. The lowest BCUT2D eigenvalue weighted by atomic mass is 9.91. The molecule has 1 aromatic carbocycles. The maximum Gasteiger partial charge on any atom is 0.164 e. The van der Waals surface area contributed by atoms with Gasteiger partial charge in [0.1, 0.15) is 4.71 Å². The van der Waals surface area contributed by atoms with Crippen molar-refractivity contribution >= 4 is 29.1 Å². The zero-order chi connectivity index (χ0) is 12.1. The van der Waals surface area contributed by atoms with Crippen molar-refractivity contribution in [3.8, 4) is 0 Å². The highest BCUT2D eigenvalue weighted by Crippen LogP contribution is 2.31. The van der Waals surface area contributed by atoms with Gasteiger partial charge in [-0.05, 0) is 31.4 Å². The van der Waals surface area contributed by atoms with Crippen molar-refractivity contribution in [3.63, 3.8) is 0 Å². The van der Waals surface area contributed by atoms with Crippen molar-refractivity contribution in [2.75, 3.05) is 0 Å². The molecule has 2 unspecified atom stereocenters. The predicted octanol–water partition coefficient (Wildman–Crippen LogP) is 4.27. The second-order valence-electron chi connectivity index (χ2n) is 4.13. The number of halogens is 1. The molecule has 2 atom stereocenters. The van der Waals surface area contributed by atoms with E-state index in [9.17, 15) is 4.79 Å². The number of rotatable bonds is 4. The van der Waals surface area contributed by atoms with Crippen LogP contribution >= 0.6 is 23.4 Å². The van der Waals surface area contributed by atoms with Crippen molar-refractivity contribution in [1.82, 2.24) is 0 Å². The molecule has 0 fully saturated rings. The van der Waals surface area contributed by atoms with Gasteiger partial charge in [0, 0.05) is 10.8 Å². The molecular formula is C14H15ClOS. The zero-order valence-corrected chi connectivity index (χ0v) is 11.1. The highest BCUT2D eigenvalue weighted by atomic mass is 35.5. The van der Waals surface area contributed by atoms with E-state index < -0.39 is 4.71 Å². The fourth-order valence-electron chi connectivity index (χ4n) is 1.91. The lowest BCUT2D eigenvalue weighted by Crippen LogP contribution is -2.22. The Bertz CT molecular complexity index is 402. The number of hydrogen-bond acceptors (Lipinski definition) is 2. The number of alkyl halides is 1. The summed E-state index contributed by atoms with van der Waals surface area (Å²) in [6.07, 6.45) is 7.00. The van der Waals surface area contributed by atoms with E-state index in [1.54, 1.807) is 0 Å². The van der Waals surface area contributed by atoms with E-state index in [1.807, 2.05) is 30.3 Å².